The van der Waals surface area contributed by atoms with Crippen LogP contribution in [0.25, 0.3) is 0 Å². The summed E-state index contributed by atoms with van der Waals surface area (Å²) in [5.41, 5.74) is 0. The lowest BCUT2D eigenvalue weighted by Gasteiger charge is -2.31. The summed E-state index contributed by atoms with van der Waals surface area (Å²) in [6.07, 6.45) is 2.26. The van der Waals surface area contributed by atoms with Crippen LogP contribution in [0, 0.1) is 0 Å². The van der Waals surface area contributed by atoms with Gasteiger partial charge in [0.05, 0.1) is 13.7 Å². The van der Waals surface area contributed by atoms with E-state index in [4.69, 9.17) is 0 Å². The minimum atomic E-state index is -0.151. The summed E-state index contributed by atoms with van der Waals surface area (Å²) in [6.45, 7) is 8.93. The fourth-order valence-corrected chi connectivity index (χ4v) is 1.64. The van der Waals surface area contributed by atoms with Crippen LogP contribution >= 0.6 is 0 Å². The zero-order chi connectivity index (χ0) is 11.1. The molecule has 14 heavy (non-hydrogen) atoms. The lowest BCUT2D eigenvalue weighted by atomic mass is 10.1. The van der Waals surface area contributed by atoms with E-state index in [1.165, 1.54) is 7.11 Å². The second-order valence-corrected chi connectivity index (χ2v) is 3.98. The number of hydrogen-bond donors (Lipinski definition) is 0. The van der Waals surface area contributed by atoms with E-state index in [1.54, 1.807) is 0 Å². The maximum Gasteiger partial charge on any atom is 0.319 e. The Morgan fingerprint density at radius 3 is 2.29 bits per heavy atom. The molecule has 0 aliphatic carbocycles. The zero-order valence-corrected chi connectivity index (χ0v) is 10.0. The van der Waals surface area contributed by atoms with Crippen molar-refractivity contribution in [1.29, 1.82) is 0 Å². The van der Waals surface area contributed by atoms with Crippen LogP contribution in [-0.4, -0.2) is 36.6 Å². The minimum Gasteiger partial charge on any atom is -0.468 e. The number of methoxy groups -OCH3 is 1. The molecule has 0 amide bonds. The molecule has 0 aromatic rings. The molecule has 0 N–H and O–H groups in total. The number of carbonyl (C=O) groups is 1. The maximum absolute atomic E-state index is 11.2. The molecule has 0 radical (unpaired) electrons. The van der Waals surface area contributed by atoms with Gasteiger partial charge in [-0.1, -0.05) is 13.3 Å². The van der Waals surface area contributed by atoms with Crippen molar-refractivity contribution in [2.75, 3.05) is 13.7 Å². The third-order valence-corrected chi connectivity index (χ3v) is 2.48. The van der Waals surface area contributed by atoms with Crippen molar-refractivity contribution in [3.8, 4) is 0 Å². The third-order valence-electron chi connectivity index (χ3n) is 2.48. The highest BCUT2D eigenvalue weighted by Crippen LogP contribution is 2.10. The third kappa shape index (κ3) is 4.61. The Bertz CT molecular complexity index is 169. The fraction of sp³-hybridized carbons (Fsp3) is 0.909. The monoisotopic (exact) mass is 201 g/mol. The van der Waals surface area contributed by atoms with E-state index in [0.717, 1.165) is 12.8 Å². The van der Waals surface area contributed by atoms with E-state index in [-0.39, 0.29) is 5.97 Å². The van der Waals surface area contributed by atoms with Crippen LogP contribution in [-0.2, 0) is 9.53 Å². The lowest BCUT2D eigenvalue weighted by molar-refractivity contribution is -0.143. The molecule has 3 nitrogen and oxygen atoms in total. The topological polar surface area (TPSA) is 29.5 Å². The van der Waals surface area contributed by atoms with Crippen LogP contribution in [0.15, 0.2) is 0 Å². The van der Waals surface area contributed by atoms with Crippen LogP contribution in [0.2, 0.25) is 0 Å². The van der Waals surface area contributed by atoms with Gasteiger partial charge in [0.25, 0.3) is 0 Å². The molecular weight excluding hydrogens is 178 g/mol. The van der Waals surface area contributed by atoms with Crippen molar-refractivity contribution in [2.24, 2.45) is 0 Å². The molecule has 0 saturated carbocycles. The molecule has 0 bridgehead atoms. The average Bonchev–Trinajstić information content (AvgIpc) is 2.13. The highest BCUT2D eigenvalue weighted by atomic mass is 16.5. The molecule has 0 heterocycles. The van der Waals surface area contributed by atoms with Gasteiger partial charge in [-0.15, -0.1) is 0 Å². The summed E-state index contributed by atoms with van der Waals surface area (Å²) in [5, 5.41) is 0. The first kappa shape index (κ1) is 13.4. The van der Waals surface area contributed by atoms with Gasteiger partial charge in [-0.3, -0.25) is 9.69 Å². The van der Waals surface area contributed by atoms with E-state index in [0.29, 0.717) is 18.6 Å². The predicted octanol–water partition coefficient (Wildman–Crippen LogP) is 2.06. The Labute approximate surface area is 87.4 Å². The molecule has 84 valence electrons. The van der Waals surface area contributed by atoms with Crippen molar-refractivity contribution in [3.05, 3.63) is 0 Å². The van der Waals surface area contributed by atoms with Crippen LogP contribution in [0.3, 0.4) is 0 Å². The first-order valence-electron chi connectivity index (χ1n) is 5.35. The van der Waals surface area contributed by atoms with E-state index in [9.17, 15) is 4.79 Å². The molecule has 0 aliphatic heterocycles. The lowest BCUT2D eigenvalue weighted by Crippen LogP contribution is -2.42. The van der Waals surface area contributed by atoms with E-state index in [2.05, 4.69) is 37.3 Å². The highest BCUT2D eigenvalue weighted by molar-refractivity contribution is 5.71. The Morgan fingerprint density at radius 2 is 1.93 bits per heavy atom. The van der Waals surface area contributed by atoms with Crippen molar-refractivity contribution in [1.82, 2.24) is 4.90 Å². The molecule has 0 aliphatic rings. The van der Waals surface area contributed by atoms with Crippen molar-refractivity contribution < 1.29 is 9.53 Å². The quantitative estimate of drug-likeness (QED) is 0.616. The standard InChI is InChI=1S/C11H23NO2/c1-6-7-10(4)12(9(2)3)8-11(13)14-5/h9-10H,6-8H2,1-5H3. The van der Waals surface area contributed by atoms with Crippen LogP contribution in [0.4, 0.5) is 0 Å². The van der Waals surface area contributed by atoms with Crippen LogP contribution < -0.4 is 0 Å². The van der Waals surface area contributed by atoms with Crippen molar-refractivity contribution in [2.45, 2.75) is 52.6 Å². The molecule has 0 spiro atoms. The largest absolute Gasteiger partial charge is 0.468 e. The smallest absolute Gasteiger partial charge is 0.319 e. The average molecular weight is 201 g/mol. The highest BCUT2D eigenvalue weighted by Gasteiger charge is 2.19. The number of esters is 1. The van der Waals surface area contributed by atoms with E-state index >= 15 is 0 Å². The van der Waals surface area contributed by atoms with Gasteiger partial charge in [0.15, 0.2) is 0 Å². The molecule has 0 saturated heterocycles. The van der Waals surface area contributed by atoms with Gasteiger partial charge in [0.1, 0.15) is 0 Å². The predicted molar refractivity (Wildman–Crippen MR) is 58.2 cm³/mol. The van der Waals surface area contributed by atoms with E-state index < -0.39 is 0 Å². The van der Waals surface area contributed by atoms with Crippen molar-refractivity contribution >= 4 is 5.97 Å². The van der Waals surface area contributed by atoms with Gasteiger partial charge in [-0.05, 0) is 27.2 Å². The number of carbonyl (C=O) groups excluding carboxylic acids is 1. The maximum atomic E-state index is 11.2. The number of rotatable bonds is 6. The summed E-state index contributed by atoms with van der Waals surface area (Å²) >= 11 is 0. The second kappa shape index (κ2) is 6.82. The molecular formula is C11H23NO2. The summed E-state index contributed by atoms with van der Waals surface area (Å²) in [6, 6.07) is 0.828. The van der Waals surface area contributed by atoms with Gasteiger partial charge in [-0.25, -0.2) is 0 Å². The Balaban J connectivity index is 4.21. The molecule has 0 rings (SSSR count). The Kier molecular flexibility index (Phi) is 6.54. The Hall–Kier alpha value is -0.570. The van der Waals surface area contributed by atoms with Gasteiger partial charge >= 0.3 is 5.97 Å². The van der Waals surface area contributed by atoms with Gasteiger partial charge in [-0.2, -0.15) is 0 Å². The normalized spacial score (nSPS) is 13.4. The SMILES string of the molecule is CCCC(C)N(CC(=O)OC)C(C)C. The first-order valence-corrected chi connectivity index (χ1v) is 5.35. The summed E-state index contributed by atoms with van der Waals surface area (Å²) in [5.74, 6) is -0.151. The second-order valence-electron chi connectivity index (χ2n) is 3.98. The summed E-state index contributed by atoms with van der Waals surface area (Å²) in [4.78, 5) is 13.3. The number of nitrogens with zero attached hydrogens (tertiary/aromatic N) is 1. The van der Waals surface area contributed by atoms with Crippen LogP contribution in [0.5, 0.6) is 0 Å². The molecule has 0 fully saturated rings. The molecule has 0 aromatic carbocycles. The minimum absolute atomic E-state index is 0.151. The van der Waals surface area contributed by atoms with Gasteiger partial charge in [0.2, 0.25) is 0 Å². The van der Waals surface area contributed by atoms with Gasteiger partial charge < -0.3 is 4.74 Å². The summed E-state index contributed by atoms with van der Waals surface area (Å²) < 4.78 is 4.68. The zero-order valence-electron chi connectivity index (χ0n) is 10.0. The van der Waals surface area contributed by atoms with Crippen LogP contribution in [0.1, 0.15) is 40.5 Å². The first-order chi connectivity index (χ1) is 6.52. The molecule has 3 heteroatoms. The molecule has 1 atom stereocenters. The van der Waals surface area contributed by atoms with Crippen molar-refractivity contribution in [3.63, 3.8) is 0 Å². The van der Waals surface area contributed by atoms with Gasteiger partial charge in [0, 0.05) is 12.1 Å². The molecule has 1 unspecified atom stereocenters. The van der Waals surface area contributed by atoms with E-state index in [1.807, 2.05) is 0 Å². The number of ether oxygens (including phenoxy) is 1. The summed E-state index contributed by atoms with van der Waals surface area (Å²) in [7, 11) is 1.44. The Morgan fingerprint density at radius 1 is 1.36 bits per heavy atom. The fourth-order valence-electron chi connectivity index (χ4n) is 1.64. The molecule has 0 aromatic heterocycles. The number of hydrogen-bond acceptors (Lipinski definition) is 3.